The zero-order valence-electron chi connectivity index (χ0n) is 11.9. The molecule has 7 heteroatoms. The van der Waals surface area contributed by atoms with Crippen molar-refractivity contribution in [2.75, 3.05) is 26.2 Å². The van der Waals surface area contributed by atoms with Crippen LogP contribution in [0.3, 0.4) is 0 Å². The molecule has 0 bridgehead atoms. The van der Waals surface area contributed by atoms with E-state index < -0.39 is 10.0 Å². The Bertz CT molecular complexity index is 733. The van der Waals surface area contributed by atoms with E-state index in [1.165, 1.54) is 16.8 Å². The molecular weight excluding hydrogens is 304 g/mol. The summed E-state index contributed by atoms with van der Waals surface area (Å²) in [6.45, 7) is 1.33. The number of rotatable bonds is 3. The molecule has 1 aliphatic heterocycles. The molecule has 1 aliphatic rings. The van der Waals surface area contributed by atoms with Crippen LogP contribution in [0.2, 0.25) is 0 Å². The summed E-state index contributed by atoms with van der Waals surface area (Å²) in [6, 6.07) is 9.95. The maximum absolute atomic E-state index is 12.5. The number of sulfonamides is 1. The first-order valence-corrected chi connectivity index (χ1v) is 8.40. The van der Waals surface area contributed by atoms with Crippen LogP contribution in [0, 0.1) is 0 Å². The fraction of sp³-hybridized carbons (Fsp3) is 0.267. The van der Waals surface area contributed by atoms with Crippen LogP contribution in [0.1, 0.15) is 10.4 Å². The SMILES string of the molecule is O=C(c1ccoc1)N1CCN(S(=O)(=O)c2ccccc2)CC1. The third kappa shape index (κ3) is 2.77. The van der Waals surface area contributed by atoms with Gasteiger partial charge in [0.2, 0.25) is 10.0 Å². The van der Waals surface area contributed by atoms with Crippen molar-refractivity contribution < 1.29 is 17.6 Å². The first-order chi connectivity index (χ1) is 10.6. The summed E-state index contributed by atoms with van der Waals surface area (Å²) in [6.07, 6.45) is 2.85. The maximum Gasteiger partial charge on any atom is 0.257 e. The fourth-order valence-corrected chi connectivity index (χ4v) is 3.89. The summed E-state index contributed by atoms with van der Waals surface area (Å²) in [7, 11) is -3.49. The second-order valence-corrected chi connectivity index (χ2v) is 6.96. The second kappa shape index (κ2) is 5.94. The molecule has 22 heavy (non-hydrogen) atoms. The molecule has 1 aromatic carbocycles. The van der Waals surface area contributed by atoms with Crippen LogP contribution in [0.4, 0.5) is 0 Å². The molecule has 0 N–H and O–H groups in total. The number of carbonyl (C=O) groups excluding carboxylic acids is 1. The van der Waals surface area contributed by atoms with Gasteiger partial charge >= 0.3 is 0 Å². The average Bonchev–Trinajstić information content (AvgIpc) is 3.09. The minimum Gasteiger partial charge on any atom is -0.472 e. The topological polar surface area (TPSA) is 70.8 Å². The molecule has 0 atom stereocenters. The lowest BCUT2D eigenvalue weighted by atomic mass is 10.2. The molecular formula is C15H16N2O4S. The Morgan fingerprint density at radius 2 is 1.68 bits per heavy atom. The lowest BCUT2D eigenvalue weighted by Gasteiger charge is -2.33. The number of benzene rings is 1. The summed E-state index contributed by atoms with van der Waals surface area (Å²) in [4.78, 5) is 14.1. The Labute approximate surface area is 129 Å². The number of furan rings is 1. The van der Waals surface area contributed by atoms with Gasteiger partial charge in [-0.2, -0.15) is 4.31 Å². The third-order valence-electron chi connectivity index (χ3n) is 3.67. The van der Waals surface area contributed by atoms with E-state index in [1.807, 2.05) is 0 Å². The number of hydrogen-bond acceptors (Lipinski definition) is 4. The molecule has 0 spiro atoms. The maximum atomic E-state index is 12.5. The molecule has 0 saturated carbocycles. The van der Waals surface area contributed by atoms with Crippen molar-refractivity contribution in [1.29, 1.82) is 0 Å². The first kappa shape index (κ1) is 14.8. The Kier molecular flexibility index (Phi) is 4.00. The fourth-order valence-electron chi connectivity index (χ4n) is 2.44. The van der Waals surface area contributed by atoms with E-state index in [0.29, 0.717) is 31.7 Å². The Hall–Kier alpha value is -2.12. The van der Waals surface area contributed by atoms with Gasteiger partial charge in [0.15, 0.2) is 0 Å². The lowest BCUT2D eigenvalue weighted by Crippen LogP contribution is -2.50. The van der Waals surface area contributed by atoms with Gasteiger partial charge in [-0.3, -0.25) is 4.79 Å². The highest BCUT2D eigenvalue weighted by Gasteiger charge is 2.30. The van der Waals surface area contributed by atoms with E-state index in [4.69, 9.17) is 4.42 Å². The van der Waals surface area contributed by atoms with E-state index in [-0.39, 0.29) is 10.8 Å². The van der Waals surface area contributed by atoms with Crippen LogP contribution in [0.15, 0.2) is 58.2 Å². The Morgan fingerprint density at radius 3 is 2.27 bits per heavy atom. The molecule has 3 rings (SSSR count). The van der Waals surface area contributed by atoms with Crippen molar-refractivity contribution in [3.8, 4) is 0 Å². The van der Waals surface area contributed by atoms with Crippen molar-refractivity contribution in [3.63, 3.8) is 0 Å². The number of amides is 1. The van der Waals surface area contributed by atoms with Crippen LogP contribution in [0.25, 0.3) is 0 Å². The van der Waals surface area contributed by atoms with Gasteiger partial charge in [-0.15, -0.1) is 0 Å². The minimum absolute atomic E-state index is 0.134. The van der Waals surface area contributed by atoms with E-state index in [0.717, 1.165) is 0 Å². The molecule has 2 aromatic rings. The van der Waals surface area contributed by atoms with E-state index in [9.17, 15) is 13.2 Å². The summed E-state index contributed by atoms with van der Waals surface area (Å²) < 4.78 is 31.3. The first-order valence-electron chi connectivity index (χ1n) is 6.96. The third-order valence-corrected chi connectivity index (χ3v) is 5.59. The number of piperazine rings is 1. The molecule has 1 aromatic heterocycles. The summed E-state index contributed by atoms with van der Waals surface area (Å²) in [5.74, 6) is -0.134. The van der Waals surface area contributed by atoms with E-state index in [2.05, 4.69) is 0 Å². The van der Waals surface area contributed by atoms with Crippen molar-refractivity contribution in [2.45, 2.75) is 4.90 Å². The van der Waals surface area contributed by atoms with E-state index >= 15 is 0 Å². The minimum atomic E-state index is -3.49. The average molecular weight is 320 g/mol. The number of nitrogens with zero attached hydrogens (tertiary/aromatic N) is 2. The largest absolute Gasteiger partial charge is 0.472 e. The molecule has 1 amide bonds. The summed E-state index contributed by atoms with van der Waals surface area (Å²) in [5.41, 5.74) is 0.486. The normalized spacial score (nSPS) is 16.6. The molecule has 0 radical (unpaired) electrons. The molecule has 2 heterocycles. The highest BCUT2D eigenvalue weighted by atomic mass is 32.2. The smallest absolute Gasteiger partial charge is 0.257 e. The molecule has 0 unspecified atom stereocenters. The van der Waals surface area contributed by atoms with Gasteiger partial charge in [0, 0.05) is 26.2 Å². The van der Waals surface area contributed by atoms with Gasteiger partial charge in [-0.05, 0) is 18.2 Å². The molecule has 0 aliphatic carbocycles. The lowest BCUT2D eigenvalue weighted by molar-refractivity contribution is 0.0697. The van der Waals surface area contributed by atoms with Crippen LogP contribution in [-0.2, 0) is 10.0 Å². The quantitative estimate of drug-likeness (QED) is 0.858. The molecule has 6 nitrogen and oxygen atoms in total. The predicted molar refractivity (Wildman–Crippen MR) is 79.8 cm³/mol. The van der Waals surface area contributed by atoms with Gasteiger partial charge < -0.3 is 9.32 Å². The zero-order chi connectivity index (χ0) is 15.6. The number of carbonyl (C=O) groups is 1. The van der Waals surface area contributed by atoms with Crippen LogP contribution < -0.4 is 0 Å². The van der Waals surface area contributed by atoms with Gasteiger partial charge in [0.25, 0.3) is 5.91 Å². The molecule has 1 saturated heterocycles. The van der Waals surface area contributed by atoms with Gasteiger partial charge in [-0.1, -0.05) is 18.2 Å². The standard InChI is InChI=1S/C15H16N2O4S/c18-15(13-6-11-21-12-13)16-7-9-17(10-8-16)22(19,20)14-4-2-1-3-5-14/h1-6,11-12H,7-10H2. The highest BCUT2D eigenvalue weighted by Crippen LogP contribution is 2.18. The van der Waals surface area contributed by atoms with Crippen LogP contribution >= 0.6 is 0 Å². The Balaban J connectivity index is 1.68. The van der Waals surface area contributed by atoms with Gasteiger partial charge in [-0.25, -0.2) is 8.42 Å². The van der Waals surface area contributed by atoms with Gasteiger partial charge in [0.05, 0.1) is 16.7 Å². The summed E-state index contributed by atoms with van der Waals surface area (Å²) >= 11 is 0. The van der Waals surface area contributed by atoms with Crippen molar-refractivity contribution >= 4 is 15.9 Å². The zero-order valence-corrected chi connectivity index (χ0v) is 12.7. The monoisotopic (exact) mass is 320 g/mol. The molecule has 1 fully saturated rings. The Morgan fingerprint density at radius 1 is 1.00 bits per heavy atom. The highest BCUT2D eigenvalue weighted by molar-refractivity contribution is 7.89. The van der Waals surface area contributed by atoms with E-state index in [1.54, 1.807) is 41.3 Å². The van der Waals surface area contributed by atoms with Crippen LogP contribution in [0.5, 0.6) is 0 Å². The second-order valence-electron chi connectivity index (χ2n) is 5.02. The van der Waals surface area contributed by atoms with Crippen molar-refractivity contribution in [1.82, 2.24) is 9.21 Å². The predicted octanol–water partition coefficient (Wildman–Crippen LogP) is 1.43. The number of hydrogen-bond donors (Lipinski definition) is 0. The van der Waals surface area contributed by atoms with Gasteiger partial charge in [0.1, 0.15) is 6.26 Å². The summed E-state index contributed by atoms with van der Waals surface area (Å²) in [5, 5.41) is 0. The van der Waals surface area contributed by atoms with Crippen molar-refractivity contribution in [3.05, 3.63) is 54.5 Å². The van der Waals surface area contributed by atoms with Crippen molar-refractivity contribution in [2.24, 2.45) is 0 Å². The molecule has 116 valence electrons. The van der Waals surface area contributed by atoms with Crippen LogP contribution in [-0.4, -0.2) is 49.7 Å².